The molecule has 32 heavy (non-hydrogen) atoms. The maximum Gasteiger partial charge on any atom is 0.269 e. The molecule has 2 aromatic carbocycles. The highest BCUT2D eigenvalue weighted by atomic mass is 35.5. The van der Waals surface area contributed by atoms with E-state index in [0.29, 0.717) is 35.0 Å². The van der Waals surface area contributed by atoms with Crippen molar-refractivity contribution in [3.8, 4) is 0 Å². The van der Waals surface area contributed by atoms with Crippen molar-refractivity contribution in [2.45, 2.75) is 33.6 Å². The Morgan fingerprint density at radius 2 is 1.62 bits per heavy atom. The third-order valence-corrected chi connectivity index (χ3v) is 7.69. The molecule has 0 spiro atoms. The summed E-state index contributed by atoms with van der Waals surface area (Å²) in [6.45, 7) is 5.84. The molecule has 2 aromatic rings. The van der Waals surface area contributed by atoms with E-state index in [4.69, 9.17) is 11.6 Å². The Kier molecular flexibility index (Phi) is 5.08. The first-order valence-electron chi connectivity index (χ1n) is 10.2. The van der Waals surface area contributed by atoms with Crippen LogP contribution in [0.3, 0.4) is 0 Å². The summed E-state index contributed by atoms with van der Waals surface area (Å²) in [6.07, 6.45) is 1.08. The number of benzene rings is 2. The highest BCUT2D eigenvalue weighted by Gasteiger charge is 2.76. The minimum Gasteiger partial charge on any atom is -0.325 e. The molecule has 2 fully saturated rings. The van der Waals surface area contributed by atoms with Crippen LogP contribution in [0.2, 0.25) is 5.02 Å². The van der Waals surface area contributed by atoms with Crippen LogP contribution < -0.4 is 10.7 Å². The van der Waals surface area contributed by atoms with Crippen LogP contribution in [0.5, 0.6) is 0 Å². The van der Waals surface area contributed by atoms with Gasteiger partial charge in [0.15, 0.2) is 5.78 Å². The predicted molar refractivity (Wildman–Crippen MR) is 123 cm³/mol. The van der Waals surface area contributed by atoms with Crippen molar-refractivity contribution in [1.82, 2.24) is 0 Å². The Bertz CT molecular complexity index is 1140. The Hall–Kier alpha value is -3.26. The molecule has 166 valence electrons. The number of Topliss-reactive ketones (excluding diaryl/α,β-unsaturated/α-hetero) is 1. The summed E-state index contributed by atoms with van der Waals surface area (Å²) < 4.78 is 0. The number of nitro groups is 1. The molecule has 9 heteroatoms. The number of ketones is 1. The van der Waals surface area contributed by atoms with Crippen LogP contribution in [0.15, 0.2) is 53.6 Å². The molecule has 0 aliphatic heterocycles. The molecule has 4 rings (SSSR count). The van der Waals surface area contributed by atoms with E-state index < -0.39 is 21.2 Å². The van der Waals surface area contributed by atoms with Crippen LogP contribution in [0.25, 0.3) is 0 Å². The second-order valence-corrected chi connectivity index (χ2v) is 9.47. The van der Waals surface area contributed by atoms with E-state index in [9.17, 15) is 19.7 Å². The van der Waals surface area contributed by atoms with E-state index >= 15 is 0 Å². The number of carbonyl (C=O) groups excluding carboxylic acids is 2. The van der Waals surface area contributed by atoms with Crippen molar-refractivity contribution in [2.24, 2.45) is 21.3 Å². The minimum absolute atomic E-state index is 0.0369. The molecule has 1 amide bonds. The fraction of sp³-hybridized carbons (Fsp3) is 0.348. The largest absolute Gasteiger partial charge is 0.325 e. The fourth-order valence-corrected chi connectivity index (χ4v) is 5.15. The highest BCUT2D eigenvalue weighted by molar-refractivity contribution is 6.51. The number of nitro benzene ring substituents is 1. The summed E-state index contributed by atoms with van der Waals surface area (Å²) in [4.78, 5) is 37.4. The van der Waals surface area contributed by atoms with E-state index in [2.05, 4.69) is 15.8 Å². The molecule has 2 bridgehead atoms. The molecule has 2 N–H and O–H groups in total. The predicted octanol–water partition coefficient (Wildman–Crippen LogP) is 5.05. The number of hydrogen-bond acceptors (Lipinski definition) is 6. The van der Waals surface area contributed by atoms with Crippen LogP contribution in [0.4, 0.5) is 17.1 Å². The average Bonchev–Trinajstić information content (AvgIpc) is 3.03. The lowest BCUT2D eigenvalue weighted by molar-refractivity contribution is -0.384. The van der Waals surface area contributed by atoms with Gasteiger partial charge in [-0.25, -0.2) is 0 Å². The maximum absolute atomic E-state index is 13.6. The van der Waals surface area contributed by atoms with E-state index in [1.54, 1.807) is 24.3 Å². The van der Waals surface area contributed by atoms with Gasteiger partial charge in [0.2, 0.25) is 5.91 Å². The smallest absolute Gasteiger partial charge is 0.269 e. The first-order chi connectivity index (χ1) is 15.0. The molecule has 0 radical (unpaired) electrons. The van der Waals surface area contributed by atoms with E-state index in [0.717, 1.165) is 0 Å². The van der Waals surface area contributed by atoms with Gasteiger partial charge in [0, 0.05) is 28.3 Å². The van der Waals surface area contributed by atoms with Crippen molar-refractivity contribution in [3.05, 3.63) is 63.7 Å². The summed E-state index contributed by atoms with van der Waals surface area (Å²) in [5, 5.41) is 18.7. The van der Waals surface area contributed by atoms with Crippen molar-refractivity contribution >= 4 is 46.1 Å². The summed E-state index contributed by atoms with van der Waals surface area (Å²) in [5.74, 6) is -0.642. The van der Waals surface area contributed by atoms with Crippen LogP contribution in [0.1, 0.15) is 33.6 Å². The molecule has 2 unspecified atom stereocenters. The first-order valence-corrected chi connectivity index (χ1v) is 10.6. The number of nitrogens with one attached hydrogen (secondary N) is 2. The Labute approximate surface area is 190 Å². The summed E-state index contributed by atoms with van der Waals surface area (Å²) in [6, 6.07) is 12.5. The van der Waals surface area contributed by atoms with Gasteiger partial charge in [-0.1, -0.05) is 32.4 Å². The van der Waals surface area contributed by atoms with Crippen molar-refractivity contribution in [2.75, 3.05) is 10.7 Å². The Morgan fingerprint density at radius 1 is 1.03 bits per heavy atom. The van der Waals surface area contributed by atoms with Crippen LogP contribution >= 0.6 is 11.6 Å². The number of fused-ring (bicyclic) bond motifs is 2. The van der Waals surface area contributed by atoms with Gasteiger partial charge in [-0.05, 0) is 54.7 Å². The summed E-state index contributed by atoms with van der Waals surface area (Å²) in [7, 11) is 0. The molecule has 2 aliphatic rings. The monoisotopic (exact) mass is 454 g/mol. The second kappa shape index (κ2) is 7.41. The molecular weight excluding hydrogens is 432 g/mol. The zero-order valence-electron chi connectivity index (χ0n) is 17.9. The number of halogens is 1. The third kappa shape index (κ3) is 3.01. The van der Waals surface area contributed by atoms with Crippen molar-refractivity contribution in [3.63, 3.8) is 0 Å². The molecular formula is C23H23ClN4O4. The number of non-ortho nitro benzene ring substituents is 1. The van der Waals surface area contributed by atoms with Crippen molar-refractivity contribution in [1.29, 1.82) is 0 Å². The van der Waals surface area contributed by atoms with Gasteiger partial charge < -0.3 is 5.32 Å². The number of hydrazone groups is 1. The standard InChI is InChI=1S/C23H23ClN4O4/c1-21(2)22(3)12-13-23(21,20(30)25-15-6-4-14(24)5-7-15)19(29)18(22)27-26-16-8-10-17(11-9-16)28(31)32/h4-11,26H,12-13H2,1-3H3,(H,25,30)/b27-18+. The normalized spacial score (nSPS) is 26.9. The van der Waals surface area contributed by atoms with Crippen molar-refractivity contribution < 1.29 is 14.5 Å². The maximum atomic E-state index is 13.6. The van der Waals surface area contributed by atoms with Gasteiger partial charge in [0.1, 0.15) is 11.1 Å². The average molecular weight is 455 g/mol. The highest BCUT2D eigenvalue weighted by Crippen LogP contribution is 2.69. The molecule has 0 aromatic heterocycles. The molecule has 8 nitrogen and oxygen atoms in total. The molecule has 2 aliphatic carbocycles. The van der Waals surface area contributed by atoms with Gasteiger partial charge in [-0.2, -0.15) is 5.10 Å². The molecule has 2 atom stereocenters. The van der Waals surface area contributed by atoms with Gasteiger partial charge in [0.05, 0.1) is 10.6 Å². The topological polar surface area (TPSA) is 114 Å². The summed E-state index contributed by atoms with van der Waals surface area (Å²) >= 11 is 5.93. The number of hydrogen-bond donors (Lipinski definition) is 2. The number of carbonyl (C=O) groups is 2. The minimum atomic E-state index is -1.24. The van der Waals surface area contributed by atoms with Crippen LogP contribution in [0, 0.1) is 26.4 Å². The number of nitrogens with zero attached hydrogens (tertiary/aromatic N) is 2. The Morgan fingerprint density at radius 3 is 2.22 bits per heavy atom. The fourth-order valence-electron chi connectivity index (χ4n) is 5.02. The number of amides is 1. The zero-order valence-corrected chi connectivity index (χ0v) is 18.7. The first kappa shape index (κ1) is 22.0. The van der Waals surface area contributed by atoms with E-state index in [1.807, 2.05) is 20.8 Å². The number of anilines is 2. The van der Waals surface area contributed by atoms with Gasteiger partial charge >= 0.3 is 0 Å². The van der Waals surface area contributed by atoms with Gasteiger partial charge in [-0.15, -0.1) is 0 Å². The third-order valence-electron chi connectivity index (χ3n) is 7.44. The van der Waals surface area contributed by atoms with Crippen LogP contribution in [-0.4, -0.2) is 22.3 Å². The molecule has 0 heterocycles. The lowest BCUT2D eigenvalue weighted by Crippen LogP contribution is -2.47. The van der Waals surface area contributed by atoms with Crippen LogP contribution in [-0.2, 0) is 9.59 Å². The quantitative estimate of drug-likeness (QED) is 0.372. The lowest BCUT2D eigenvalue weighted by Gasteiger charge is -2.37. The SMILES string of the molecule is CC12CCC(C(=O)Nc3ccc(Cl)cc3)(C(=O)/C1=N\Nc1ccc([N+](=O)[O-])cc1)C2(C)C. The molecule has 2 saturated carbocycles. The second-order valence-electron chi connectivity index (χ2n) is 9.03. The van der Waals surface area contributed by atoms with Gasteiger partial charge in [0.25, 0.3) is 5.69 Å². The van der Waals surface area contributed by atoms with Gasteiger partial charge in [-0.3, -0.25) is 25.1 Å². The lowest BCUT2D eigenvalue weighted by atomic mass is 9.64. The van der Waals surface area contributed by atoms with E-state index in [1.165, 1.54) is 24.3 Å². The van der Waals surface area contributed by atoms with E-state index in [-0.39, 0.29) is 17.4 Å². The summed E-state index contributed by atoms with van der Waals surface area (Å²) in [5.41, 5.74) is 1.70. The Balaban J connectivity index is 1.64. The molecule has 0 saturated heterocycles. The number of rotatable bonds is 5. The zero-order chi connectivity index (χ0) is 23.3.